The Morgan fingerprint density at radius 2 is 2.09 bits per heavy atom. The number of fused-ring (bicyclic) bond motifs is 4. The van der Waals surface area contributed by atoms with Crippen LogP contribution in [0.5, 0.6) is 0 Å². The van der Waals surface area contributed by atoms with Gasteiger partial charge in [-0.2, -0.15) is 0 Å². The Balaban J connectivity index is 1.20. The number of H-pyrrole nitrogens is 1. The van der Waals surface area contributed by atoms with Crippen LogP contribution < -0.4 is 21.1 Å². The molecule has 1 saturated carbocycles. The van der Waals surface area contributed by atoms with Crippen molar-refractivity contribution < 1.29 is 4.79 Å². The van der Waals surface area contributed by atoms with E-state index in [1.165, 1.54) is 0 Å². The summed E-state index contributed by atoms with van der Waals surface area (Å²) in [4.78, 5) is 41.4. The summed E-state index contributed by atoms with van der Waals surface area (Å²) in [5.74, 6) is 0.376. The minimum atomic E-state index is -0.171. The Morgan fingerprint density at radius 1 is 1.21 bits per heavy atom. The van der Waals surface area contributed by atoms with Gasteiger partial charge in [-0.05, 0) is 42.5 Å². The van der Waals surface area contributed by atoms with Crippen LogP contribution in [0.2, 0.25) is 0 Å². The second-order valence-electron chi connectivity index (χ2n) is 9.56. The summed E-state index contributed by atoms with van der Waals surface area (Å²) in [5.41, 5.74) is 5.98. The maximum atomic E-state index is 12.6. The molecule has 9 heteroatoms. The molecule has 3 N–H and O–H groups in total. The number of hydrogen-bond acceptors (Lipinski definition) is 7. The van der Waals surface area contributed by atoms with Gasteiger partial charge in [0.1, 0.15) is 11.2 Å². The number of piperazine rings is 1. The van der Waals surface area contributed by atoms with Gasteiger partial charge < -0.3 is 20.5 Å². The van der Waals surface area contributed by atoms with Gasteiger partial charge in [0, 0.05) is 57.1 Å². The Bertz CT molecular complexity index is 1320. The van der Waals surface area contributed by atoms with Gasteiger partial charge in [-0.3, -0.25) is 19.5 Å². The topological polar surface area (TPSA) is 106 Å². The normalized spacial score (nSPS) is 23.7. The van der Waals surface area contributed by atoms with Gasteiger partial charge in [-0.1, -0.05) is 6.92 Å². The molecule has 1 saturated heterocycles. The number of carbonyl (C=O) groups is 1. The molecule has 1 aliphatic carbocycles. The Kier molecular flexibility index (Phi) is 5.02. The van der Waals surface area contributed by atoms with Gasteiger partial charge in [0.05, 0.1) is 23.1 Å². The predicted molar refractivity (Wildman–Crippen MR) is 131 cm³/mol. The molecule has 176 valence electrons. The van der Waals surface area contributed by atoms with Crippen LogP contribution in [0.1, 0.15) is 35.0 Å². The number of amides is 1. The lowest BCUT2D eigenvalue weighted by atomic mass is 10.0. The van der Waals surface area contributed by atoms with Crippen molar-refractivity contribution in [3.63, 3.8) is 0 Å². The van der Waals surface area contributed by atoms with E-state index in [9.17, 15) is 9.59 Å². The summed E-state index contributed by atoms with van der Waals surface area (Å²) in [5, 5.41) is 5.99. The van der Waals surface area contributed by atoms with Crippen LogP contribution in [0.4, 0.5) is 11.4 Å². The SMILES string of the molecule is CNC(=O)c1ccc(N2CCN(Cc3cnc4c5c(c(=O)[nH]c4c3)CCCN5)[C@@H]3[C@H](C)[C@@H]32)cn1. The second-order valence-corrected chi connectivity index (χ2v) is 9.56. The summed E-state index contributed by atoms with van der Waals surface area (Å²) < 4.78 is 0. The van der Waals surface area contributed by atoms with Crippen LogP contribution in [0.3, 0.4) is 0 Å². The fourth-order valence-corrected chi connectivity index (χ4v) is 5.76. The molecule has 9 nitrogen and oxygen atoms in total. The number of nitrogens with zero attached hydrogens (tertiary/aromatic N) is 4. The van der Waals surface area contributed by atoms with Gasteiger partial charge in [-0.25, -0.2) is 4.98 Å². The van der Waals surface area contributed by atoms with Gasteiger partial charge in [0.25, 0.3) is 11.5 Å². The lowest BCUT2D eigenvalue weighted by Gasteiger charge is -2.35. The Labute approximate surface area is 197 Å². The van der Waals surface area contributed by atoms with Gasteiger partial charge in [0.15, 0.2) is 0 Å². The molecule has 0 aromatic carbocycles. The highest BCUT2D eigenvalue weighted by atomic mass is 16.1. The number of aromatic nitrogens is 3. The third kappa shape index (κ3) is 3.42. The van der Waals surface area contributed by atoms with Crippen molar-refractivity contribution in [3.8, 4) is 0 Å². The van der Waals surface area contributed by atoms with Gasteiger partial charge in [0.2, 0.25) is 0 Å². The van der Waals surface area contributed by atoms with E-state index in [2.05, 4.69) is 43.4 Å². The lowest BCUT2D eigenvalue weighted by molar-refractivity contribution is 0.0958. The van der Waals surface area contributed by atoms with Crippen LogP contribution in [-0.2, 0) is 13.0 Å². The molecule has 0 unspecified atom stereocenters. The van der Waals surface area contributed by atoms with Crippen molar-refractivity contribution in [3.05, 3.63) is 57.8 Å². The van der Waals surface area contributed by atoms with Gasteiger partial charge in [-0.15, -0.1) is 0 Å². The smallest absolute Gasteiger partial charge is 0.269 e. The first-order chi connectivity index (χ1) is 16.5. The Morgan fingerprint density at radius 3 is 2.88 bits per heavy atom. The zero-order valence-electron chi connectivity index (χ0n) is 19.5. The van der Waals surface area contributed by atoms with E-state index in [1.54, 1.807) is 19.3 Å². The number of rotatable bonds is 4. The number of hydrogen-bond donors (Lipinski definition) is 3. The van der Waals surface area contributed by atoms with Crippen LogP contribution in [0, 0.1) is 5.92 Å². The summed E-state index contributed by atoms with van der Waals surface area (Å²) in [6.45, 7) is 5.82. The molecular formula is C25H29N7O2. The number of nitrogens with one attached hydrogen (secondary N) is 3. The highest BCUT2D eigenvalue weighted by Crippen LogP contribution is 2.45. The second kappa shape index (κ2) is 8.09. The van der Waals surface area contributed by atoms with Crippen molar-refractivity contribution in [1.29, 1.82) is 0 Å². The van der Waals surface area contributed by atoms with E-state index in [0.29, 0.717) is 23.7 Å². The third-order valence-electron chi connectivity index (χ3n) is 7.53. The highest BCUT2D eigenvalue weighted by molar-refractivity contribution is 5.92. The van der Waals surface area contributed by atoms with E-state index >= 15 is 0 Å². The van der Waals surface area contributed by atoms with Crippen molar-refractivity contribution in [2.45, 2.75) is 38.4 Å². The number of anilines is 2. The Hall–Kier alpha value is -3.46. The number of pyridine rings is 3. The van der Waals surface area contributed by atoms with Gasteiger partial charge >= 0.3 is 0 Å². The summed E-state index contributed by atoms with van der Waals surface area (Å²) in [6.07, 6.45) is 5.53. The number of carbonyl (C=O) groups excluding carboxylic acids is 1. The standard InChI is InChI=1S/C25H29N7O2/c1-14-22-23(14)32(16-5-6-18(28-12-16)25(34)26-2)9-8-31(22)13-15-10-19-21(29-11-15)20-17(24(33)30-19)4-3-7-27-20/h5-6,10-12,14,22-23,27H,3-4,7-9,13H2,1-2H3,(H,26,34)(H,30,33)/t14-,22+,23-/m0/s1. The molecule has 3 aromatic rings. The van der Waals surface area contributed by atoms with E-state index in [1.807, 2.05) is 12.3 Å². The van der Waals surface area contributed by atoms with Crippen molar-refractivity contribution in [2.75, 3.05) is 36.9 Å². The maximum Gasteiger partial charge on any atom is 0.269 e. The zero-order valence-corrected chi connectivity index (χ0v) is 19.5. The molecule has 1 amide bonds. The predicted octanol–water partition coefficient (Wildman–Crippen LogP) is 1.74. The first kappa shape index (κ1) is 21.1. The lowest BCUT2D eigenvalue weighted by Crippen LogP contribution is -2.46. The van der Waals surface area contributed by atoms with Crippen molar-refractivity contribution >= 4 is 28.3 Å². The van der Waals surface area contributed by atoms with E-state index < -0.39 is 0 Å². The summed E-state index contributed by atoms with van der Waals surface area (Å²) >= 11 is 0. The minimum absolute atomic E-state index is 0.00538. The molecule has 2 aliphatic heterocycles. The van der Waals surface area contributed by atoms with Crippen LogP contribution in [0.25, 0.3) is 11.0 Å². The van der Waals surface area contributed by atoms with Crippen molar-refractivity contribution in [2.24, 2.45) is 5.92 Å². The molecule has 0 radical (unpaired) electrons. The molecule has 2 fully saturated rings. The largest absolute Gasteiger partial charge is 0.383 e. The van der Waals surface area contributed by atoms with Crippen LogP contribution >= 0.6 is 0 Å². The maximum absolute atomic E-state index is 12.6. The van der Waals surface area contributed by atoms with Crippen LogP contribution in [-0.4, -0.2) is 64.5 Å². The highest BCUT2D eigenvalue weighted by Gasteiger charge is 2.56. The fourth-order valence-electron chi connectivity index (χ4n) is 5.76. The van der Waals surface area contributed by atoms with Crippen LogP contribution in [0.15, 0.2) is 35.4 Å². The zero-order chi connectivity index (χ0) is 23.4. The first-order valence-corrected chi connectivity index (χ1v) is 12.0. The molecular weight excluding hydrogens is 430 g/mol. The first-order valence-electron chi connectivity index (χ1n) is 12.0. The molecule has 3 atom stereocenters. The molecule has 5 heterocycles. The summed E-state index contributed by atoms with van der Waals surface area (Å²) in [7, 11) is 1.61. The molecule has 0 spiro atoms. The van der Waals surface area contributed by atoms with Crippen molar-refractivity contribution in [1.82, 2.24) is 25.2 Å². The number of aromatic amines is 1. The molecule has 6 rings (SSSR count). The molecule has 0 bridgehead atoms. The van der Waals surface area contributed by atoms with E-state index in [0.717, 1.165) is 72.6 Å². The molecule has 3 aromatic heterocycles. The fraction of sp³-hybridized carbons (Fsp3) is 0.440. The quantitative estimate of drug-likeness (QED) is 0.546. The minimum Gasteiger partial charge on any atom is -0.383 e. The average Bonchev–Trinajstić information content (AvgIpc) is 3.55. The summed E-state index contributed by atoms with van der Waals surface area (Å²) in [6, 6.07) is 6.76. The molecule has 34 heavy (non-hydrogen) atoms. The van der Waals surface area contributed by atoms with E-state index in [-0.39, 0.29) is 11.5 Å². The average molecular weight is 460 g/mol. The monoisotopic (exact) mass is 459 g/mol. The van der Waals surface area contributed by atoms with E-state index in [4.69, 9.17) is 4.98 Å². The molecule has 3 aliphatic rings. The third-order valence-corrected chi connectivity index (χ3v) is 7.53.